The summed E-state index contributed by atoms with van der Waals surface area (Å²) in [6.07, 6.45) is -3.79. The Kier molecular flexibility index (Phi) is 8.75. The molecule has 8 nitrogen and oxygen atoms in total. The van der Waals surface area contributed by atoms with Crippen LogP contribution in [-0.4, -0.2) is 65.2 Å². The maximum Gasteiger partial charge on any atom is 0.416 e. The Morgan fingerprint density at radius 3 is 2.47 bits per heavy atom. The minimum absolute atomic E-state index is 0.162. The fourth-order valence-electron chi connectivity index (χ4n) is 3.24. The molecule has 1 aliphatic rings. The number of carbonyl (C=O) groups excluding carboxylic acids is 1. The number of ether oxygens (including phenoxy) is 2. The average Bonchev–Trinajstić information content (AvgIpc) is 2.81. The van der Waals surface area contributed by atoms with E-state index in [0.29, 0.717) is 12.6 Å². The zero-order valence-electron chi connectivity index (χ0n) is 18.3. The van der Waals surface area contributed by atoms with Crippen molar-refractivity contribution in [3.05, 3.63) is 54.1 Å². The van der Waals surface area contributed by atoms with Gasteiger partial charge in [0.1, 0.15) is 5.75 Å². The van der Waals surface area contributed by atoms with Crippen molar-refractivity contribution in [1.29, 1.82) is 0 Å². The van der Waals surface area contributed by atoms with Gasteiger partial charge in [-0.2, -0.15) is 13.2 Å². The molecule has 0 radical (unpaired) electrons. The van der Waals surface area contributed by atoms with E-state index in [4.69, 9.17) is 9.47 Å². The summed E-state index contributed by atoms with van der Waals surface area (Å²) in [5, 5.41) is 2.76. The van der Waals surface area contributed by atoms with E-state index in [1.54, 1.807) is 0 Å². The van der Waals surface area contributed by atoms with Gasteiger partial charge in [0.2, 0.25) is 0 Å². The van der Waals surface area contributed by atoms with Crippen molar-refractivity contribution in [1.82, 2.24) is 10.2 Å². The standard InChI is InChI=1S/C22H26F3N3O5S/c23-22(24,25)17-3-1-4-18(15-17)27-34(30,31)20-7-5-19(6-8-20)33-16-21(29)26-9-2-10-28-11-13-32-14-12-28/h1,3-8,15,27H,2,9-14,16H2,(H,26,29). The number of morpholine rings is 1. The maximum absolute atomic E-state index is 12.8. The molecule has 3 rings (SSSR count). The molecule has 1 saturated heterocycles. The van der Waals surface area contributed by atoms with Crippen molar-refractivity contribution in [3.8, 4) is 5.75 Å². The second-order valence-corrected chi connectivity index (χ2v) is 9.28. The molecule has 1 amide bonds. The summed E-state index contributed by atoms with van der Waals surface area (Å²) in [4.78, 5) is 14.0. The number of hydrogen-bond acceptors (Lipinski definition) is 6. The van der Waals surface area contributed by atoms with Gasteiger partial charge in [0, 0.05) is 25.3 Å². The summed E-state index contributed by atoms with van der Waals surface area (Å²) in [7, 11) is -4.11. The zero-order valence-corrected chi connectivity index (χ0v) is 19.1. The molecule has 0 spiro atoms. The lowest BCUT2D eigenvalue weighted by molar-refractivity contribution is -0.137. The van der Waals surface area contributed by atoms with Crippen molar-refractivity contribution in [2.45, 2.75) is 17.5 Å². The second-order valence-electron chi connectivity index (χ2n) is 7.60. The van der Waals surface area contributed by atoms with Gasteiger partial charge in [0.15, 0.2) is 6.61 Å². The smallest absolute Gasteiger partial charge is 0.416 e. The Morgan fingerprint density at radius 2 is 1.79 bits per heavy atom. The van der Waals surface area contributed by atoms with E-state index in [1.165, 1.54) is 30.3 Å². The zero-order chi connectivity index (χ0) is 24.6. The molecule has 2 aromatic rings. The number of alkyl halides is 3. The molecule has 1 fully saturated rings. The van der Waals surface area contributed by atoms with E-state index >= 15 is 0 Å². The summed E-state index contributed by atoms with van der Waals surface area (Å²) < 4.78 is 76.3. The van der Waals surface area contributed by atoms with Crippen LogP contribution in [0.1, 0.15) is 12.0 Å². The monoisotopic (exact) mass is 501 g/mol. The molecule has 2 N–H and O–H groups in total. The molecule has 0 unspecified atom stereocenters. The largest absolute Gasteiger partial charge is 0.484 e. The Morgan fingerprint density at radius 1 is 1.09 bits per heavy atom. The molecule has 2 aromatic carbocycles. The summed E-state index contributed by atoms with van der Waals surface area (Å²) in [5.74, 6) is -0.0219. The third kappa shape index (κ3) is 7.89. The highest BCUT2D eigenvalue weighted by Crippen LogP contribution is 2.31. The van der Waals surface area contributed by atoms with Gasteiger partial charge in [-0.25, -0.2) is 8.42 Å². The number of hydrogen-bond donors (Lipinski definition) is 2. The van der Waals surface area contributed by atoms with Gasteiger partial charge in [0.05, 0.1) is 23.7 Å². The van der Waals surface area contributed by atoms with Gasteiger partial charge in [-0.3, -0.25) is 14.4 Å². The van der Waals surface area contributed by atoms with Crippen molar-refractivity contribution in [3.63, 3.8) is 0 Å². The highest BCUT2D eigenvalue weighted by Gasteiger charge is 2.30. The van der Waals surface area contributed by atoms with E-state index in [0.717, 1.165) is 51.4 Å². The predicted octanol–water partition coefficient (Wildman–Crippen LogP) is 2.72. The number of nitrogens with one attached hydrogen (secondary N) is 2. The fraction of sp³-hybridized carbons (Fsp3) is 0.409. The van der Waals surface area contributed by atoms with E-state index in [1.807, 2.05) is 0 Å². The van der Waals surface area contributed by atoms with E-state index < -0.39 is 21.8 Å². The first-order valence-electron chi connectivity index (χ1n) is 10.6. The quantitative estimate of drug-likeness (QED) is 0.486. The van der Waals surface area contributed by atoms with Gasteiger partial charge in [-0.1, -0.05) is 6.07 Å². The Bertz CT molecular complexity index is 1060. The number of nitrogens with zero attached hydrogens (tertiary/aromatic N) is 1. The van der Waals surface area contributed by atoms with E-state index in [2.05, 4.69) is 14.9 Å². The van der Waals surface area contributed by atoms with Gasteiger partial charge in [-0.05, 0) is 55.4 Å². The molecule has 186 valence electrons. The molecule has 1 heterocycles. The normalized spacial score (nSPS) is 15.0. The van der Waals surface area contributed by atoms with Crippen molar-refractivity contribution >= 4 is 21.6 Å². The molecule has 0 aromatic heterocycles. The maximum atomic E-state index is 12.8. The first-order chi connectivity index (χ1) is 16.1. The van der Waals surface area contributed by atoms with Crippen molar-refractivity contribution < 1.29 is 35.9 Å². The second kappa shape index (κ2) is 11.5. The van der Waals surface area contributed by atoms with Crippen LogP contribution in [0.15, 0.2) is 53.4 Å². The van der Waals surface area contributed by atoms with Crippen molar-refractivity contribution in [2.75, 3.05) is 50.7 Å². The minimum Gasteiger partial charge on any atom is -0.484 e. The average molecular weight is 502 g/mol. The molecule has 12 heteroatoms. The molecular formula is C22H26F3N3O5S. The Hall–Kier alpha value is -2.83. The van der Waals surface area contributed by atoms with Gasteiger partial charge < -0.3 is 14.8 Å². The van der Waals surface area contributed by atoms with Gasteiger partial charge in [-0.15, -0.1) is 0 Å². The lowest BCUT2D eigenvalue weighted by atomic mass is 10.2. The van der Waals surface area contributed by atoms with Crippen LogP contribution in [-0.2, 0) is 25.7 Å². The third-order valence-electron chi connectivity index (χ3n) is 5.02. The van der Waals surface area contributed by atoms with Crippen LogP contribution in [0.3, 0.4) is 0 Å². The Labute approximate surface area is 196 Å². The van der Waals surface area contributed by atoms with Gasteiger partial charge in [0.25, 0.3) is 15.9 Å². The van der Waals surface area contributed by atoms with Crippen LogP contribution >= 0.6 is 0 Å². The first kappa shape index (κ1) is 25.8. The number of benzene rings is 2. The highest BCUT2D eigenvalue weighted by molar-refractivity contribution is 7.92. The summed E-state index contributed by atoms with van der Waals surface area (Å²) in [6.45, 7) is 4.37. The molecule has 0 saturated carbocycles. The molecule has 0 atom stereocenters. The number of rotatable bonds is 10. The molecular weight excluding hydrogens is 475 g/mol. The third-order valence-corrected chi connectivity index (χ3v) is 6.42. The SMILES string of the molecule is O=C(COc1ccc(S(=O)(=O)Nc2cccc(C(F)(F)F)c2)cc1)NCCCN1CCOCC1. The Balaban J connectivity index is 1.45. The van der Waals surface area contributed by atoms with Crippen LogP contribution in [0.4, 0.5) is 18.9 Å². The van der Waals surface area contributed by atoms with Crippen LogP contribution < -0.4 is 14.8 Å². The number of halogens is 3. The van der Waals surface area contributed by atoms with Gasteiger partial charge >= 0.3 is 6.18 Å². The summed E-state index contributed by atoms with van der Waals surface area (Å²) >= 11 is 0. The number of carbonyl (C=O) groups is 1. The highest BCUT2D eigenvalue weighted by atomic mass is 32.2. The lowest BCUT2D eigenvalue weighted by Crippen LogP contribution is -2.38. The molecule has 0 bridgehead atoms. The van der Waals surface area contributed by atoms with Crippen LogP contribution in [0.2, 0.25) is 0 Å². The molecule has 0 aliphatic carbocycles. The van der Waals surface area contributed by atoms with Crippen molar-refractivity contribution in [2.24, 2.45) is 0 Å². The summed E-state index contributed by atoms with van der Waals surface area (Å²) in [6, 6.07) is 9.13. The number of sulfonamides is 1. The summed E-state index contributed by atoms with van der Waals surface area (Å²) in [5.41, 5.74) is -1.17. The van der Waals surface area contributed by atoms with Crippen LogP contribution in [0.25, 0.3) is 0 Å². The molecule has 1 aliphatic heterocycles. The first-order valence-corrected chi connectivity index (χ1v) is 12.1. The fourth-order valence-corrected chi connectivity index (χ4v) is 4.29. The number of anilines is 1. The topological polar surface area (TPSA) is 97.0 Å². The minimum atomic E-state index is -4.59. The number of amides is 1. The van der Waals surface area contributed by atoms with Crippen LogP contribution in [0, 0.1) is 0 Å². The van der Waals surface area contributed by atoms with Crippen LogP contribution in [0.5, 0.6) is 5.75 Å². The molecule has 34 heavy (non-hydrogen) atoms. The lowest BCUT2D eigenvalue weighted by Gasteiger charge is -2.26. The van der Waals surface area contributed by atoms with E-state index in [-0.39, 0.29) is 28.8 Å². The van der Waals surface area contributed by atoms with E-state index in [9.17, 15) is 26.4 Å². The predicted molar refractivity (Wildman–Crippen MR) is 119 cm³/mol.